The number of allylic oxidation sites excluding steroid dienone is 2. The molecule has 3 aromatic rings. The molecule has 0 amide bonds. The van der Waals surface area contributed by atoms with E-state index in [2.05, 4.69) is 34.6 Å². The zero-order chi connectivity index (χ0) is 15.5. The molecule has 2 N–H and O–H groups in total. The van der Waals surface area contributed by atoms with Crippen molar-refractivity contribution in [2.75, 3.05) is 5.32 Å². The van der Waals surface area contributed by atoms with Crippen molar-refractivity contribution in [1.29, 1.82) is 0 Å². The molecule has 0 fully saturated rings. The molecule has 110 valence electrons. The Kier molecular flexibility index (Phi) is 3.79. The minimum atomic E-state index is 0.0408. The molecule has 2 aromatic carbocycles. The Labute approximate surface area is 129 Å². The van der Waals surface area contributed by atoms with Gasteiger partial charge in [0.1, 0.15) is 0 Å². The normalized spacial score (nSPS) is 11.6. The van der Waals surface area contributed by atoms with Crippen LogP contribution in [-0.2, 0) is 4.79 Å². The van der Waals surface area contributed by atoms with Crippen molar-refractivity contribution in [2.45, 2.75) is 13.8 Å². The Morgan fingerprint density at radius 2 is 1.82 bits per heavy atom. The molecule has 0 aliphatic rings. The smallest absolute Gasteiger partial charge is 0.154 e. The fraction of sp³-hybridized carbons (Fsp3) is 0.105. The highest BCUT2D eigenvalue weighted by Gasteiger charge is 2.04. The molecule has 22 heavy (non-hydrogen) atoms. The first-order valence-electron chi connectivity index (χ1n) is 7.26. The second kappa shape index (κ2) is 5.90. The molecule has 0 spiro atoms. The largest absolute Gasteiger partial charge is 0.359 e. The molecule has 3 heteroatoms. The van der Waals surface area contributed by atoms with E-state index in [1.54, 1.807) is 13.0 Å². The number of ketones is 1. The standard InChI is InChI=1S/C19H18N2O/c1-13(10-14(2)22)20-17-8-9-18-16(11-17)12-19(21-18)15-6-4-3-5-7-15/h3-12,20-21H,1-2H3. The van der Waals surface area contributed by atoms with Crippen LogP contribution in [0.15, 0.2) is 66.4 Å². The molecule has 0 atom stereocenters. The predicted octanol–water partition coefficient (Wildman–Crippen LogP) is 4.74. The van der Waals surface area contributed by atoms with Crippen molar-refractivity contribution in [3.05, 3.63) is 66.4 Å². The van der Waals surface area contributed by atoms with Crippen LogP contribution < -0.4 is 5.32 Å². The summed E-state index contributed by atoms with van der Waals surface area (Å²) in [5.41, 5.74) is 5.17. The average Bonchev–Trinajstić information content (AvgIpc) is 2.90. The molecule has 3 nitrogen and oxygen atoms in total. The van der Waals surface area contributed by atoms with Crippen molar-refractivity contribution in [1.82, 2.24) is 4.98 Å². The summed E-state index contributed by atoms with van der Waals surface area (Å²) < 4.78 is 0. The van der Waals surface area contributed by atoms with Gasteiger partial charge in [0.2, 0.25) is 0 Å². The van der Waals surface area contributed by atoms with E-state index in [9.17, 15) is 4.79 Å². The van der Waals surface area contributed by atoms with Gasteiger partial charge in [-0.1, -0.05) is 30.3 Å². The number of nitrogens with one attached hydrogen (secondary N) is 2. The number of benzene rings is 2. The van der Waals surface area contributed by atoms with Gasteiger partial charge in [0.05, 0.1) is 0 Å². The van der Waals surface area contributed by atoms with Crippen LogP contribution in [0.25, 0.3) is 22.2 Å². The number of anilines is 1. The lowest BCUT2D eigenvalue weighted by atomic mass is 10.1. The van der Waals surface area contributed by atoms with E-state index in [1.807, 2.05) is 37.3 Å². The van der Waals surface area contributed by atoms with Crippen LogP contribution >= 0.6 is 0 Å². The van der Waals surface area contributed by atoms with Crippen molar-refractivity contribution in [3.63, 3.8) is 0 Å². The Hall–Kier alpha value is -2.81. The second-order valence-electron chi connectivity index (χ2n) is 5.41. The summed E-state index contributed by atoms with van der Waals surface area (Å²) in [6, 6.07) is 18.5. The van der Waals surface area contributed by atoms with Gasteiger partial charge in [-0.05, 0) is 49.8 Å². The zero-order valence-corrected chi connectivity index (χ0v) is 12.7. The first-order chi connectivity index (χ1) is 10.6. The van der Waals surface area contributed by atoms with Crippen LogP contribution in [0.3, 0.4) is 0 Å². The summed E-state index contributed by atoms with van der Waals surface area (Å²) in [6.45, 7) is 3.44. The van der Waals surface area contributed by atoms with Gasteiger partial charge in [-0.25, -0.2) is 0 Å². The van der Waals surface area contributed by atoms with Crippen LogP contribution in [-0.4, -0.2) is 10.8 Å². The summed E-state index contributed by atoms with van der Waals surface area (Å²) in [5, 5.41) is 4.38. The quantitative estimate of drug-likeness (QED) is 0.682. The van der Waals surface area contributed by atoms with Gasteiger partial charge in [0.25, 0.3) is 0 Å². The minimum Gasteiger partial charge on any atom is -0.359 e. The Morgan fingerprint density at radius 3 is 2.55 bits per heavy atom. The highest BCUT2D eigenvalue weighted by molar-refractivity contribution is 5.90. The van der Waals surface area contributed by atoms with Crippen LogP contribution in [0.4, 0.5) is 5.69 Å². The lowest BCUT2D eigenvalue weighted by Crippen LogP contribution is -1.97. The summed E-state index contributed by atoms with van der Waals surface area (Å²) >= 11 is 0. The van der Waals surface area contributed by atoms with E-state index in [0.29, 0.717) is 0 Å². The zero-order valence-electron chi connectivity index (χ0n) is 12.7. The minimum absolute atomic E-state index is 0.0408. The molecule has 0 saturated heterocycles. The van der Waals surface area contributed by atoms with E-state index < -0.39 is 0 Å². The van der Waals surface area contributed by atoms with Gasteiger partial charge in [-0.2, -0.15) is 0 Å². The average molecular weight is 290 g/mol. The highest BCUT2D eigenvalue weighted by Crippen LogP contribution is 2.26. The fourth-order valence-corrected chi connectivity index (χ4v) is 2.55. The molecule has 0 aliphatic heterocycles. The third-order valence-corrected chi connectivity index (χ3v) is 3.47. The maximum absolute atomic E-state index is 11.1. The first-order valence-corrected chi connectivity index (χ1v) is 7.26. The van der Waals surface area contributed by atoms with Crippen LogP contribution in [0.5, 0.6) is 0 Å². The summed E-state index contributed by atoms with van der Waals surface area (Å²) in [4.78, 5) is 14.5. The van der Waals surface area contributed by atoms with E-state index in [-0.39, 0.29) is 5.78 Å². The Bertz CT molecular complexity index is 844. The van der Waals surface area contributed by atoms with Gasteiger partial charge in [0.15, 0.2) is 5.78 Å². The number of rotatable bonds is 4. The van der Waals surface area contributed by atoms with Gasteiger partial charge in [-0.15, -0.1) is 0 Å². The van der Waals surface area contributed by atoms with Crippen molar-refractivity contribution in [2.24, 2.45) is 0 Å². The van der Waals surface area contributed by atoms with Gasteiger partial charge >= 0.3 is 0 Å². The Balaban J connectivity index is 1.92. The SMILES string of the molecule is CC(=O)C=C(C)Nc1ccc2[nH]c(-c3ccccc3)cc2c1. The molecule has 1 aromatic heterocycles. The number of hydrogen-bond donors (Lipinski definition) is 2. The number of carbonyl (C=O) groups is 1. The molecular weight excluding hydrogens is 272 g/mol. The summed E-state index contributed by atoms with van der Waals surface area (Å²) in [6.07, 6.45) is 1.59. The third kappa shape index (κ3) is 3.09. The molecule has 0 radical (unpaired) electrons. The fourth-order valence-electron chi connectivity index (χ4n) is 2.55. The van der Waals surface area contributed by atoms with E-state index in [1.165, 1.54) is 5.56 Å². The van der Waals surface area contributed by atoms with Crippen molar-refractivity contribution < 1.29 is 4.79 Å². The van der Waals surface area contributed by atoms with Crippen LogP contribution in [0.2, 0.25) is 0 Å². The first kappa shape index (κ1) is 14.1. The molecule has 0 saturated carbocycles. The monoisotopic (exact) mass is 290 g/mol. The highest BCUT2D eigenvalue weighted by atomic mass is 16.1. The molecule has 1 heterocycles. The van der Waals surface area contributed by atoms with Crippen LogP contribution in [0, 0.1) is 0 Å². The second-order valence-corrected chi connectivity index (χ2v) is 5.41. The summed E-state index contributed by atoms with van der Waals surface area (Å²) in [5.74, 6) is 0.0408. The van der Waals surface area contributed by atoms with Gasteiger partial charge in [-0.3, -0.25) is 4.79 Å². The maximum Gasteiger partial charge on any atom is 0.154 e. The number of aromatic nitrogens is 1. The molecular formula is C19H18N2O. The van der Waals surface area contributed by atoms with Gasteiger partial charge < -0.3 is 10.3 Å². The Morgan fingerprint density at radius 1 is 1.05 bits per heavy atom. The number of fused-ring (bicyclic) bond motifs is 1. The topological polar surface area (TPSA) is 44.9 Å². The lowest BCUT2D eigenvalue weighted by molar-refractivity contribution is -0.112. The summed E-state index contributed by atoms with van der Waals surface area (Å²) in [7, 11) is 0. The maximum atomic E-state index is 11.1. The van der Waals surface area contributed by atoms with Crippen molar-refractivity contribution >= 4 is 22.4 Å². The third-order valence-electron chi connectivity index (χ3n) is 3.47. The molecule has 3 rings (SSSR count). The van der Waals surface area contributed by atoms with E-state index in [0.717, 1.165) is 28.0 Å². The number of carbonyl (C=O) groups excluding carboxylic acids is 1. The molecule has 0 bridgehead atoms. The van der Waals surface area contributed by atoms with Crippen LogP contribution in [0.1, 0.15) is 13.8 Å². The van der Waals surface area contributed by atoms with Crippen molar-refractivity contribution in [3.8, 4) is 11.3 Å². The molecule has 0 aliphatic carbocycles. The van der Waals surface area contributed by atoms with E-state index >= 15 is 0 Å². The number of H-pyrrole nitrogens is 1. The van der Waals surface area contributed by atoms with E-state index in [4.69, 9.17) is 0 Å². The number of aromatic amines is 1. The lowest BCUT2D eigenvalue weighted by Gasteiger charge is -2.05. The number of hydrogen-bond acceptors (Lipinski definition) is 2. The molecule has 0 unspecified atom stereocenters. The van der Waals surface area contributed by atoms with Gasteiger partial charge in [0, 0.05) is 28.0 Å². The predicted molar refractivity (Wildman–Crippen MR) is 91.8 cm³/mol.